The van der Waals surface area contributed by atoms with Crippen LogP contribution in [0.4, 0.5) is 0 Å². The summed E-state index contributed by atoms with van der Waals surface area (Å²) in [6.07, 6.45) is 0.245. The highest BCUT2D eigenvalue weighted by molar-refractivity contribution is 5.76. The van der Waals surface area contributed by atoms with Gasteiger partial charge in [0.2, 0.25) is 0 Å². The van der Waals surface area contributed by atoms with Gasteiger partial charge >= 0.3 is 12.4 Å². The number of carbonyl (C=O) groups is 2. The van der Waals surface area contributed by atoms with Crippen LogP contribution in [0.25, 0.3) is 0 Å². The molecular formula is C9H16O5. The Morgan fingerprint density at radius 3 is 2.57 bits per heavy atom. The fraction of sp³-hybridized carbons (Fsp3) is 0.778. The molecule has 0 aromatic carbocycles. The molecule has 0 amide bonds. The first-order valence-corrected chi connectivity index (χ1v) is 4.55. The molecule has 0 bridgehead atoms. The molecule has 5 heteroatoms. The molecule has 0 fully saturated rings. The summed E-state index contributed by atoms with van der Waals surface area (Å²) < 4.78 is 4.01. The molecule has 0 aromatic rings. The molecule has 2 atom stereocenters. The maximum atomic E-state index is 10.7. The summed E-state index contributed by atoms with van der Waals surface area (Å²) in [7, 11) is 0. The van der Waals surface area contributed by atoms with Gasteiger partial charge in [-0.2, -0.15) is 0 Å². The van der Waals surface area contributed by atoms with E-state index in [2.05, 4.69) is 4.74 Å². The van der Waals surface area contributed by atoms with Gasteiger partial charge in [0.1, 0.15) is 0 Å². The number of aliphatic hydroxyl groups excluding tert-OH is 2. The number of carbonyl (C=O) groups excluding carboxylic acids is 2. The molecular weight excluding hydrogens is 188 g/mol. The normalized spacial score (nSPS) is 14.5. The molecule has 0 aromatic heterocycles. The summed E-state index contributed by atoms with van der Waals surface area (Å²) in [5, 5.41) is 18.2. The van der Waals surface area contributed by atoms with Crippen molar-refractivity contribution in [3.8, 4) is 0 Å². The molecule has 0 heterocycles. The van der Waals surface area contributed by atoms with Gasteiger partial charge in [-0.25, -0.2) is 0 Å². The van der Waals surface area contributed by atoms with Crippen molar-refractivity contribution in [2.24, 2.45) is 0 Å². The van der Waals surface area contributed by atoms with E-state index >= 15 is 0 Å². The van der Waals surface area contributed by atoms with Gasteiger partial charge in [0.05, 0.1) is 18.6 Å². The molecule has 2 unspecified atom stereocenters. The third kappa shape index (κ3) is 7.70. The lowest BCUT2D eigenvalue weighted by Crippen LogP contribution is -2.15. The highest BCUT2D eigenvalue weighted by Gasteiger charge is 2.11. The lowest BCUT2D eigenvalue weighted by molar-refractivity contribution is -0.152. The highest BCUT2D eigenvalue weighted by Crippen LogP contribution is 2.07. The second-order valence-corrected chi connectivity index (χ2v) is 3.22. The second kappa shape index (κ2) is 7.46. The van der Waals surface area contributed by atoms with Crippen molar-refractivity contribution in [3.63, 3.8) is 0 Å². The Morgan fingerprint density at radius 1 is 1.43 bits per heavy atom. The molecule has 2 N–H and O–H groups in total. The average Bonchev–Trinajstić information content (AvgIpc) is 2.03. The molecule has 0 aliphatic carbocycles. The summed E-state index contributed by atoms with van der Waals surface area (Å²) in [6.45, 7) is 1.71. The lowest BCUT2D eigenvalue weighted by Gasteiger charge is -2.09. The van der Waals surface area contributed by atoms with Crippen molar-refractivity contribution < 1.29 is 24.5 Å². The molecule has 0 spiro atoms. The SMILES string of the molecule is CC(O)CCCC(O)CC(=O)OC=O. The molecule has 0 radical (unpaired) electrons. The smallest absolute Gasteiger partial charge is 0.315 e. The number of hydrogen-bond donors (Lipinski definition) is 2. The molecule has 0 aliphatic rings. The van der Waals surface area contributed by atoms with E-state index < -0.39 is 18.2 Å². The molecule has 0 saturated heterocycles. The van der Waals surface area contributed by atoms with E-state index in [9.17, 15) is 14.7 Å². The average molecular weight is 204 g/mol. The van der Waals surface area contributed by atoms with Crippen LogP contribution in [0.2, 0.25) is 0 Å². The molecule has 14 heavy (non-hydrogen) atoms. The predicted molar refractivity (Wildman–Crippen MR) is 48.3 cm³/mol. The van der Waals surface area contributed by atoms with Crippen LogP contribution in [0, 0.1) is 0 Å². The summed E-state index contributed by atoms with van der Waals surface area (Å²) in [6, 6.07) is 0. The third-order valence-corrected chi connectivity index (χ3v) is 1.74. The fourth-order valence-electron chi connectivity index (χ4n) is 1.05. The van der Waals surface area contributed by atoms with Gasteiger partial charge in [0.15, 0.2) is 0 Å². The van der Waals surface area contributed by atoms with E-state index in [0.717, 1.165) is 0 Å². The Morgan fingerprint density at radius 2 is 2.07 bits per heavy atom. The van der Waals surface area contributed by atoms with E-state index in [4.69, 9.17) is 5.11 Å². The van der Waals surface area contributed by atoms with Crippen molar-refractivity contribution in [1.29, 1.82) is 0 Å². The first kappa shape index (κ1) is 13.1. The van der Waals surface area contributed by atoms with Gasteiger partial charge in [-0.3, -0.25) is 9.59 Å². The van der Waals surface area contributed by atoms with Gasteiger partial charge in [0.25, 0.3) is 0 Å². The van der Waals surface area contributed by atoms with E-state index in [-0.39, 0.29) is 12.9 Å². The van der Waals surface area contributed by atoms with Gasteiger partial charge < -0.3 is 14.9 Å². The maximum Gasteiger partial charge on any atom is 0.315 e. The molecule has 0 rings (SSSR count). The van der Waals surface area contributed by atoms with Crippen LogP contribution in [0.5, 0.6) is 0 Å². The Kier molecular flexibility index (Phi) is 6.96. The zero-order valence-corrected chi connectivity index (χ0v) is 8.18. The lowest BCUT2D eigenvalue weighted by atomic mass is 10.1. The maximum absolute atomic E-state index is 10.7. The monoisotopic (exact) mass is 204 g/mol. The van der Waals surface area contributed by atoms with Crippen LogP contribution in [0.15, 0.2) is 0 Å². The number of hydrogen-bond acceptors (Lipinski definition) is 5. The number of rotatable bonds is 7. The van der Waals surface area contributed by atoms with Crippen LogP contribution in [0.3, 0.4) is 0 Å². The Bertz CT molecular complexity index is 178. The summed E-state index contributed by atoms with van der Waals surface area (Å²) in [5.74, 6) is -0.732. The fourth-order valence-corrected chi connectivity index (χ4v) is 1.05. The number of ether oxygens (including phenoxy) is 1. The molecule has 0 aliphatic heterocycles. The largest absolute Gasteiger partial charge is 0.395 e. The second-order valence-electron chi connectivity index (χ2n) is 3.22. The summed E-state index contributed by atoms with van der Waals surface area (Å²) in [5.41, 5.74) is 0. The van der Waals surface area contributed by atoms with Gasteiger partial charge in [-0.1, -0.05) is 0 Å². The third-order valence-electron chi connectivity index (χ3n) is 1.74. The van der Waals surface area contributed by atoms with E-state index in [1.807, 2.05) is 0 Å². The van der Waals surface area contributed by atoms with Crippen molar-refractivity contribution >= 4 is 12.4 Å². The number of aliphatic hydroxyl groups is 2. The highest BCUT2D eigenvalue weighted by atomic mass is 16.6. The Labute approximate surface area is 82.7 Å². The minimum absolute atomic E-state index is 0.0465. The zero-order chi connectivity index (χ0) is 11.0. The number of esters is 1. The topological polar surface area (TPSA) is 83.8 Å². The van der Waals surface area contributed by atoms with Gasteiger partial charge in [-0.15, -0.1) is 0 Å². The molecule has 0 saturated carbocycles. The van der Waals surface area contributed by atoms with Crippen LogP contribution < -0.4 is 0 Å². The van der Waals surface area contributed by atoms with Crippen molar-refractivity contribution in [2.45, 2.75) is 44.8 Å². The van der Waals surface area contributed by atoms with Gasteiger partial charge in [-0.05, 0) is 26.2 Å². The predicted octanol–water partition coefficient (Wildman–Crippen LogP) is -0.0119. The molecule has 82 valence electrons. The first-order chi connectivity index (χ1) is 6.56. The van der Waals surface area contributed by atoms with Crippen LogP contribution >= 0.6 is 0 Å². The summed E-state index contributed by atoms with van der Waals surface area (Å²) >= 11 is 0. The van der Waals surface area contributed by atoms with Crippen molar-refractivity contribution in [2.75, 3.05) is 0 Å². The quantitative estimate of drug-likeness (QED) is 0.346. The minimum atomic E-state index is -0.804. The van der Waals surface area contributed by atoms with Crippen molar-refractivity contribution in [1.82, 2.24) is 0 Å². The first-order valence-electron chi connectivity index (χ1n) is 4.55. The van der Waals surface area contributed by atoms with E-state index in [0.29, 0.717) is 19.3 Å². The molecule has 5 nitrogen and oxygen atoms in total. The standard InChI is InChI=1S/C9H16O5/c1-7(11)3-2-4-8(12)5-9(13)14-6-10/h6-8,11-12H,2-5H2,1H3. The van der Waals surface area contributed by atoms with Gasteiger partial charge in [0, 0.05) is 0 Å². The van der Waals surface area contributed by atoms with Crippen LogP contribution in [0.1, 0.15) is 32.6 Å². The van der Waals surface area contributed by atoms with E-state index in [1.54, 1.807) is 6.92 Å². The Balaban J connectivity index is 3.49. The van der Waals surface area contributed by atoms with Crippen LogP contribution in [-0.4, -0.2) is 34.9 Å². The van der Waals surface area contributed by atoms with Crippen LogP contribution in [-0.2, 0) is 14.3 Å². The van der Waals surface area contributed by atoms with Crippen molar-refractivity contribution in [3.05, 3.63) is 0 Å². The Hall–Kier alpha value is -0.940. The minimum Gasteiger partial charge on any atom is -0.395 e. The van der Waals surface area contributed by atoms with E-state index in [1.165, 1.54) is 0 Å². The zero-order valence-electron chi connectivity index (χ0n) is 8.18. The summed E-state index contributed by atoms with van der Waals surface area (Å²) in [4.78, 5) is 20.4.